The molecule has 1 radical (unpaired) electrons. The van der Waals surface area contributed by atoms with Crippen molar-refractivity contribution >= 4 is 68.0 Å². The van der Waals surface area contributed by atoms with E-state index in [1.807, 2.05) is 42.5 Å². The van der Waals surface area contributed by atoms with Crippen LogP contribution in [0.15, 0.2) is 186 Å². The Hall–Kier alpha value is -2.97. The Morgan fingerprint density at radius 3 is 0.917 bits per heavy atom. The molecule has 0 saturated heterocycles. The summed E-state index contributed by atoms with van der Waals surface area (Å²) in [6.45, 7) is 2.23. The summed E-state index contributed by atoms with van der Waals surface area (Å²) in [6.07, 6.45) is 2.38. The van der Waals surface area contributed by atoms with Crippen LogP contribution in [0.3, 0.4) is 0 Å². The van der Waals surface area contributed by atoms with Crippen LogP contribution in [0.5, 0.6) is 0 Å². The van der Waals surface area contributed by atoms with Crippen LogP contribution in [0, 0.1) is 0 Å². The van der Waals surface area contributed by atoms with Gasteiger partial charge in [-0.15, -0.1) is 5.69 Å². The van der Waals surface area contributed by atoms with Gasteiger partial charge < -0.3 is 35.9 Å². The third kappa shape index (κ3) is 13.9. The molecule has 1 N–H and O–H groups in total. The maximum Gasteiger partial charge on any atom is 0.00238 e. The zero-order valence-corrected chi connectivity index (χ0v) is 32.4. The number of hydrogen-bond acceptors (Lipinski definition) is 3. The van der Waals surface area contributed by atoms with Crippen molar-refractivity contribution in [3.63, 3.8) is 0 Å². The minimum absolute atomic E-state index is 0. The molecule has 0 fully saturated rings. The number of nitrogens with one attached hydrogen (secondary N) is 1. The maximum absolute atomic E-state index is 7.00. The molecule has 0 saturated carbocycles. The van der Waals surface area contributed by atoms with Gasteiger partial charge in [-0.3, -0.25) is 0 Å². The van der Waals surface area contributed by atoms with Gasteiger partial charge in [-0.1, -0.05) is 176 Å². The predicted octanol–water partition coefficient (Wildman–Crippen LogP) is 9.05. The Morgan fingerprint density at radius 1 is 0.438 bits per heavy atom. The summed E-state index contributed by atoms with van der Waals surface area (Å²) in [6, 6.07) is 60.7. The first-order chi connectivity index (χ1) is 23.0. The molecule has 6 aromatic rings. The quantitative estimate of drug-likeness (QED) is 0.103. The van der Waals surface area contributed by atoms with Gasteiger partial charge in [0.15, 0.2) is 0 Å². The van der Waals surface area contributed by atoms with E-state index in [9.17, 15) is 0 Å². The zero-order chi connectivity index (χ0) is 33.1. The maximum atomic E-state index is 7.00. The number of hydrogen-bond donors (Lipinski definition) is 0. The SMILES string of the molecule is CN(CCP(c1ccccc1)c1ccccc1)CCP(c1ccccc1)c1ccccc1.[99Tc].[NH-]c1ccccc1.[S-]c1ccccc1[S-]. The molecule has 0 bridgehead atoms. The van der Waals surface area contributed by atoms with Crippen molar-refractivity contribution in [2.24, 2.45) is 0 Å². The average Bonchev–Trinajstić information content (AvgIpc) is 3.12. The molecule has 0 aliphatic rings. The summed E-state index contributed by atoms with van der Waals surface area (Å²) < 4.78 is 0. The monoisotopic (exact) mass is 786 g/mol. The summed E-state index contributed by atoms with van der Waals surface area (Å²) >= 11 is 9.70. The van der Waals surface area contributed by atoms with E-state index >= 15 is 0 Å². The summed E-state index contributed by atoms with van der Waals surface area (Å²) in [4.78, 5) is 4.06. The fourth-order valence-electron chi connectivity index (χ4n) is 4.79. The van der Waals surface area contributed by atoms with Crippen LogP contribution in [0.2, 0.25) is 0 Å². The molecule has 0 heterocycles. The normalized spacial score (nSPS) is 10.3. The molecule has 0 aliphatic carbocycles. The van der Waals surface area contributed by atoms with Crippen molar-refractivity contribution in [3.8, 4) is 0 Å². The largest absolute Gasteiger partial charge is 0.781 e. The molecule has 6 rings (SSSR count). The van der Waals surface area contributed by atoms with Crippen molar-refractivity contribution in [3.05, 3.63) is 182 Å². The van der Waals surface area contributed by atoms with Gasteiger partial charge in [0, 0.05) is 33.2 Å². The standard InChI is InChI=1S/C29H31NP2.C6H6N.C6H6S2.Tc/c1-30(22-24-31(26-14-6-2-7-15-26)27-16-8-3-9-17-27)23-25-32(28-18-10-4-11-19-28)29-20-12-5-13-21-29;7-6-4-2-1-3-5-6;7-5-3-1-2-4-6(5)8;/h2-21H,22-25H2,1H3;1-5,7H;1-4,7-8H;/q;-1;;/p-2/i;;;1+1. The molecule has 0 aromatic heterocycles. The fraction of sp³-hybridized carbons (Fsp3) is 0.122. The minimum Gasteiger partial charge on any atom is -0.781 e. The van der Waals surface area contributed by atoms with E-state index in [2.05, 4.69) is 133 Å². The van der Waals surface area contributed by atoms with Gasteiger partial charge >= 0.3 is 0 Å². The molecule has 48 heavy (non-hydrogen) atoms. The minimum atomic E-state index is -0.333. The summed E-state index contributed by atoms with van der Waals surface area (Å²) in [7, 11) is 1.62. The Balaban J connectivity index is 0.000000320. The van der Waals surface area contributed by atoms with E-state index in [1.165, 1.54) is 33.5 Å². The first kappa shape index (κ1) is 39.5. The second-order valence-corrected chi connectivity index (χ2v) is 16.3. The molecule has 0 atom stereocenters. The number of nitrogens with zero attached hydrogens (tertiary/aromatic N) is 1. The molecule has 0 spiro atoms. The van der Waals surface area contributed by atoms with E-state index in [-0.39, 0.29) is 35.9 Å². The second-order valence-electron chi connectivity index (χ2n) is 10.8. The van der Waals surface area contributed by atoms with Gasteiger partial charge in [0.05, 0.1) is 0 Å². The van der Waals surface area contributed by atoms with Crippen LogP contribution in [-0.4, -0.2) is 37.4 Å². The smallest absolute Gasteiger partial charge is 0.00238 e. The average molecular weight is 787 g/mol. The molecular weight excluding hydrogens is 745 g/mol. The van der Waals surface area contributed by atoms with Gasteiger partial charge in [-0.05, 0) is 56.4 Å². The second kappa shape index (κ2) is 22.6. The van der Waals surface area contributed by atoms with Gasteiger partial charge in [0.25, 0.3) is 0 Å². The van der Waals surface area contributed by atoms with Crippen molar-refractivity contribution in [2.45, 2.75) is 9.79 Å². The predicted molar refractivity (Wildman–Crippen MR) is 214 cm³/mol. The molecular formula is C41H41N2P2S2Tc-3. The van der Waals surface area contributed by atoms with Crippen LogP contribution in [0.4, 0.5) is 5.69 Å². The van der Waals surface area contributed by atoms with Crippen molar-refractivity contribution in [2.75, 3.05) is 32.5 Å². The van der Waals surface area contributed by atoms with Crippen LogP contribution < -0.4 is 21.2 Å². The van der Waals surface area contributed by atoms with Gasteiger partial charge in [0.1, 0.15) is 0 Å². The molecule has 0 unspecified atom stereocenters. The van der Waals surface area contributed by atoms with Crippen LogP contribution >= 0.6 is 15.8 Å². The Bertz CT molecular complexity index is 1500. The first-order valence-corrected chi connectivity index (χ1v) is 19.5. The van der Waals surface area contributed by atoms with E-state index < -0.39 is 0 Å². The third-order valence-electron chi connectivity index (χ3n) is 7.31. The van der Waals surface area contributed by atoms with E-state index in [1.54, 1.807) is 12.1 Å². The summed E-state index contributed by atoms with van der Waals surface area (Å²) in [5.74, 6) is 0. The molecule has 7 heteroatoms. The van der Waals surface area contributed by atoms with Crippen molar-refractivity contribution in [1.82, 2.24) is 4.90 Å². The molecule has 0 aliphatic heterocycles. The molecule has 247 valence electrons. The van der Waals surface area contributed by atoms with Crippen LogP contribution in [0.1, 0.15) is 0 Å². The van der Waals surface area contributed by atoms with Gasteiger partial charge in [-0.25, -0.2) is 0 Å². The van der Waals surface area contributed by atoms with E-state index in [0.29, 0.717) is 5.69 Å². The van der Waals surface area contributed by atoms with Crippen LogP contribution in [0.25, 0.3) is 5.73 Å². The van der Waals surface area contributed by atoms with Crippen LogP contribution in [-0.2, 0) is 45.4 Å². The first-order valence-electron chi connectivity index (χ1n) is 15.6. The van der Waals surface area contributed by atoms with Gasteiger partial charge in [-0.2, -0.15) is 9.79 Å². The van der Waals surface area contributed by atoms with E-state index in [4.69, 9.17) is 31.0 Å². The van der Waals surface area contributed by atoms with E-state index in [0.717, 1.165) is 22.9 Å². The third-order valence-corrected chi connectivity index (χ3v) is 13.1. The number of benzene rings is 6. The van der Waals surface area contributed by atoms with Crippen molar-refractivity contribution < 1.29 is 20.1 Å². The topological polar surface area (TPSA) is 27.0 Å². The van der Waals surface area contributed by atoms with Crippen molar-refractivity contribution in [1.29, 1.82) is 0 Å². The zero-order valence-electron chi connectivity index (χ0n) is 27.1. The Labute approximate surface area is 314 Å². The Morgan fingerprint density at radius 2 is 0.688 bits per heavy atom. The van der Waals surface area contributed by atoms with Gasteiger partial charge in [0.2, 0.25) is 0 Å². The number of rotatable bonds is 10. The fourth-order valence-corrected chi connectivity index (χ4v) is 9.92. The summed E-state index contributed by atoms with van der Waals surface area (Å²) in [5, 5.41) is 5.88. The molecule has 6 aromatic carbocycles. The molecule has 2 nitrogen and oxygen atoms in total. The molecule has 0 amide bonds. The Kier molecular flexibility index (Phi) is 18.6. The summed E-state index contributed by atoms with van der Waals surface area (Å²) in [5.41, 5.74) is 7.57.